The van der Waals surface area contributed by atoms with Gasteiger partial charge in [0.05, 0.1) is 0 Å². The molecular weight excluding hydrogens is 274 g/mol. The summed E-state index contributed by atoms with van der Waals surface area (Å²) in [5.41, 5.74) is 10.1. The number of nitrogens with zero attached hydrogens (tertiary/aromatic N) is 2. The van der Waals surface area contributed by atoms with E-state index in [9.17, 15) is 0 Å². The van der Waals surface area contributed by atoms with Crippen molar-refractivity contribution in [2.24, 2.45) is 5.92 Å². The van der Waals surface area contributed by atoms with Crippen LogP contribution in [0.25, 0.3) is 0 Å². The smallest absolute Gasteiger partial charge is 0.159 e. The minimum absolute atomic E-state index is 0.548. The first kappa shape index (κ1) is 16.1. The molecular formula is C17H25N5. The molecule has 0 saturated carbocycles. The maximum Gasteiger partial charge on any atom is 0.159 e. The van der Waals surface area contributed by atoms with Gasteiger partial charge in [-0.25, -0.2) is 9.97 Å². The van der Waals surface area contributed by atoms with Crippen LogP contribution in [-0.2, 0) is 0 Å². The van der Waals surface area contributed by atoms with Crippen LogP contribution in [0.2, 0.25) is 0 Å². The van der Waals surface area contributed by atoms with Crippen molar-refractivity contribution in [3.63, 3.8) is 0 Å². The fourth-order valence-corrected chi connectivity index (χ4v) is 2.11. The molecule has 0 amide bonds. The molecule has 118 valence electrons. The third kappa shape index (κ3) is 4.10. The van der Waals surface area contributed by atoms with E-state index in [0.717, 1.165) is 24.2 Å². The van der Waals surface area contributed by atoms with E-state index in [0.29, 0.717) is 23.2 Å². The molecule has 0 fully saturated rings. The van der Waals surface area contributed by atoms with Crippen molar-refractivity contribution in [2.45, 2.75) is 34.1 Å². The predicted molar refractivity (Wildman–Crippen MR) is 93.6 cm³/mol. The van der Waals surface area contributed by atoms with Gasteiger partial charge in [0.1, 0.15) is 12.0 Å². The number of aromatic nitrogens is 2. The van der Waals surface area contributed by atoms with Gasteiger partial charge in [0.2, 0.25) is 0 Å². The highest BCUT2D eigenvalue weighted by Crippen LogP contribution is 2.27. The average Bonchev–Trinajstić information content (AvgIpc) is 2.46. The highest BCUT2D eigenvalue weighted by Gasteiger charge is 2.09. The van der Waals surface area contributed by atoms with Gasteiger partial charge in [-0.05, 0) is 43.4 Å². The summed E-state index contributed by atoms with van der Waals surface area (Å²) in [6, 6.07) is 6.25. The summed E-state index contributed by atoms with van der Waals surface area (Å²) in [4.78, 5) is 8.49. The Morgan fingerprint density at radius 3 is 2.59 bits per heavy atom. The number of nitrogens with two attached hydrogens (primary N) is 1. The van der Waals surface area contributed by atoms with Gasteiger partial charge in [-0.15, -0.1) is 0 Å². The van der Waals surface area contributed by atoms with Crippen LogP contribution in [0, 0.1) is 19.8 Å². The SMILES string of the molecule is Cc1ccc(C)c(Nc2ncnc(NCCC(C)C)c2N)c1. The molecule has 5 heteroatoms. The monoisotopic (exact) mass is 299 g/mol. The number of nitrogens with one attached hydrogen (secondary N) is 2. The van der Waals surface area contributed by atoms with Crippen LogP contribution in [0.4, 0.5) is 23.0 Å². The average molecular weight is 299 g/mol. The number of hydrogen-bond acceptors (Lipinski definition) is 5. The van der Waals surface area contributed by atoms with Crippen LogP contribution in [0.3, 0.4) is 0 Å². The van der Waals surface area contributed by atoms with E-state index in [1.807, 2.05) is 0 Å². The summed E-state index contributed by atoms with van der Waals surface area (Å²) < 4.78 is 0. The second-order valence-corrected chi connectivity index (χ2v) is 6.04. The molecule has 1 aromatic heterocycles. The highest BCUT2D eigenvalue weighted by molar-refractivity contribution is 5.78. The normalized spacial score (nSPS) is 10.8. The third-order valence-electron chi connectivity index (χ3n) is 3.54. The molecule has 1 aromatic carbocycles. The fraction of sp³-hybridized carbons (Fsp3) is 0.412. The second-order valence-electron chi connectivity index (χ2n) is 6.04. The maximum atomic E-state index is 6.19. The van der Waals surface area contributed by atoms with Crippen molar-refractivity contribution < 1.29 is 0 Å². The molecule has 0 radical (unpaired) electrons. The van der Waals surface area contributed by atoms with Crippen LogP contribution in [0.1, 0.15) is 31.4 Å². The van der Waals surface area contributed by atoms with E-state index in [1.54, 1.807) is 0 Å². The Morgan fingerprint density at radius 1 is 1.14 bits per heavy atom. The molecule has 4 N–H and O–H groups in total. The lowest BCUT2D eigenvalue weighted by Gasteiger charge is -2.14. The van der Waals surface area contributed by atoms with Gasteiger partial charge < -0.3 is 16.4 Å². The molecule has 0 aliphatic heterocycles. The maximum absolute atomic E-state index is 6.19. The molecule has 0 aliphatic rings. The van der Waals surface area contributed by atoms with Gasteiger partial charge in [-0.2, -0.15) is 0 Å². The first-order valence-corrected chi connectivity index (χ1v) is 7.66. The Labute approximate surface area is 132 Å². The first-order valence-electron chi connectivity index (χ1n) is 7.66. The second kappa shape index (κ2) is 7.11. The van der Waals surface area contributed by atoms with Crippen molar-refractivity contribution in [3.05, 3.63) is 35.7 Å². The summed E-state index contributed by atoms with van der Waals surface area (Å²) in [6.45, 7) is 9.35. The van der Waals surface area contributed by atoms with E-state index >= 15 is 0 Å². The Hall–Kier alpha value is -2.30. The summed E-state index contributed by atoms with van der Waals surface area (Å²) in [6.07, 6.45) is 2.60. The molecule has 0 saturated heterocycles. The number of anilines is 4. The van der Waals surface area contributed by atoms with Crippen LogP contribution < -0.4 is 16.4 Å². The van der Waals surface area contributed by atoms with Gasteiger partial charge in [0.15, 0.2) is 11.6 Å². The van der Waals surface area contributed by atoms with Crippen molar-refractivity contribution in [1.29, 1.82) is 0 Å². The predicted octanol–water partition coefficient (Wildman–Crippen LogP) is 3.88. The lowest BCUT2D eigenvalue weighted by atomic mass is 10.1. The molecule has 22 heavy (non-hydrogen) atoms. The number of rotatable bonds is 6. The molecule has 5 nitrogen and oxygen atoms in total. The summed E-state index contributed by atoms with van der Waals surface area (Å²) in [5, 5.41) is 6.59. The van der Waals surface area contributed by atoms with E-state index in [-0.39, 0.29) is 0 Å². The zero-order valence-corrected chi connectivity index (χ0v) is 13.8. The van der Waals surface area contributed by atoms with E-state index in [4.69, 9.17) is 5.73 Å². The Kier molecular flexibility index (Phi) is 5.20. The topological polar surface area (TPSA) is 75.9 Å². The summed E-state index contributed by atoms with van der Waals surface area (Å²) in [5.74, 6) is 1.96. The van der Waals surface area contributed by atoms with E-state index in [1.165, 1.54) is 11.9 Å². The van der Waals surface area contributed by atoms with E-state index < -0.39 is 0 Å². The van der Waals surface area contributed by atoms with Crippen LogP contribution >= 0.6 is 0 Å². The minimum atomic E-state index is 0.548. The van der Waals surface area contributed by atoms with Gasteiger partial charge in [0.25, 0.3) is 0 Å². The molecule has 0 bridgehead atoms. The Morgan fingerprint density at radius 2 is 1.86 bits per heavy atom. The number of benzene rings is 1. The third-order valence-corrected chi connectivity index (χ3v) is 3.54. The quantitative estimate of drug-likeness (QED) is 0.754. The lowest BCUT2D eigenvalue weighted by Crippen LogP contribution is -2.10. The molecule has 0 unspecified atom stereocenters. The summed E-state index contributed by atoms with van der Waals surface area (Å²) >= 11 is 0. The number of nitrogen functional groups attached to an aromatic ring is 1. The molecule has 0 atom stereocenters. The van der Waals surface area contributed by atoms with Gasteiger partial charge in [-0.3, -0.25) is 0 Å². The number of aryl methyl sites for hydroxylation is 2. The molecule has 2 rings (SSSR count). The highest BCUT2D eigenvalue weighted by atomic mass is 15.1. The fourth-order valence-electron chi connectivity index (χ4n) is 2.11. The molecule has 0 spiro atoms. The zero-order valence-electron chi connectivity index (χ0n) is 13.8. The Balaban J connectivity index is 2.16. The zero-order chi connectivity index (χ0) is 16.1. The molecule has 1 heterocycles. The van der Waals surface area contributed by atoms with Gasteiger partial charge in [-0.1, -0.05) is 26.0 Å². The minimum Gasteiger partial charge on any atom is -0.393 e. The number of hydrogen-bond donors (Lipinski definition) is 3. The van der Waals surface area contributed by atoms with Crippen molar-refractivity contribution in [1.82, 2.24) is 9.97 Å². The van der Waals surface area contributed by atoms with Crippen molar-refractivity contribution in [2.75, 3.05) is 22.9 Å². The van der Waals surface area contributed by atoms with Gasteiger partial charge >= 0.3 is 0 Å². The lowest BCUT2D eigenvalue weighted by molar-refractivity contribution is 0.606. The summed E-state index contributed by atoms with van der Waals surface area (Å²) in [7, 11) is 0. The van der Waals surface area contributed by atoms with Crippen LogP contribution in [0.15, 0.2) is 24.5 Å². The van der Waals surface area contributed by atoms with Gasteiger partial charge in [0, 0.05) is 12.2 Å². The first-order chi connectivity index (χ1) is 10.5. The molecule has 2 aromatic rings. The van der Waals surface area contributed by atoms with Crippen LogP contribution in [-0.4, -0.2) is 16.5 Å². The van der Waals surface area contributed by atoms with Crippen molar-refractivity contribution >= 4 is 23.0 Å². The van der Waals surface area contributed by atoms with Crippen molar-refractivity contribution in [3.8, 4) is 0 Å². The van der Waals surface area contributed by atoms with Crippen LogP contribution in [0.5, 0.6) is 0 Å². The molecule has 0 aliphatic carbocycles. The largest absolute Gasteiger partial charge is 0.393 e. The Bertz CT molecular complexity index is 637. The standard InChI is InChI=1S/C17H25N5/c1-11(2)7-8-19-16-15(18)17(21-10-20-16)22-14-9-12(3)5-6-13(14)4/h5-6,9-11H,7-8,18H2,1-4H3,(H2,19,20,21,22). The van der Waals surface area contributed by atoms with E-state index in [2.05, 4.69) is 66.5 Å².